The van der Waals surface area contributed by atoms with Crippen LogP contribution in [0.5, 0.6) is 5.75 Å². The van der Waals surface area contributed by atoms with E-state index in [4.69, 9.17) is 9.15 Å². The van der Waals surface area contributed by atoms with E-state index in [1.54, 1.807) is 0 Å². The quantitative estimate of drug-likeness (QED) is 0.473. The molecule has 1 aliphatic heterocycles. The minimum Gasteiger partial charge on any atom is -0.494 e. The highest BCUT2D eigenvalue weighted by molar-refractivity contribution is 7.99. The van der Waals surface area contributed by atoms with Crippen molar-refractivity contribution in [3.05, 3.63) is 48.5 Å². The number of thioether (sulfide) groups is 1. The number of hydrogen-bond acceptors (Lipinski definition) is 8. The first-order valence-electron chi connectivity index (χ1n) is 11.2. The number of aromatic nitrogens is 2. The van der Waals surface area contributed by atoms with Gasteiger partial charge < -0.3 is 24.3 Å². The Labute approximate surface area is 198 Å². The predicted molar refractivity (Wildman–Crippen MR) is 131 cm³/mol. The van der Waals surface area contributed by atoms with E-state index in [1.165, 1.54) is 17.4 Å². The molecule has 3 aromatic rings. The maximum atomic E-state index is 12.4. The van der Waals surface area contributed by atoms with Gasteiger partial charge in [-0.05, 0) is 62.0 Å². The summed E-state index contributed by atoms with van der Waals surface area (Å²) in [7, 11) is 0. The summed E-state index contributed by atoms with van der Waals surface area (Å²) in [5.74, 6) is 1.27. The van der Waals surface area contributed by atoms with E-state index in [0.29, 0.717) is 17.7 Å². The number of anilines is 2. The second-order valence-electron chi connectivity index (χ2n) is 7.64. The van der Waals surface area contributed by atoms with E-state index in [-0.39, 0.29) is 11.7 Å². The minimum absolute atomic E-state index is 0.120. The molecule has 1 aliphatic rings. The Hall–Kier alpha value is -3.04. The molecule has 2 heterocycles. The number of carbonyl (C=O) groups is 1. The first-order chi connectivity index (χ1) is 16.1. The number of hydrogen-bond donors (Lipinski definition) is 1. The van der Waals surface area contributed by atoms with Crippen LogP contribution in [0, 0.1) is 0 Å². The molecule has 33 heavy (non-hydrogen) atoms. The van der Waals surface area contributed by atoms with Crippen LogP contribution in [-0.2, 0) is 4.79 Å². The fourth-order valence-electron chi connectivity index (χ4n) is 3.65. The van der Waals surface area contributed by atoms with Gasteiger partial charge in [0.25, 0.3) is 5.22 Å². The summed E-state index contributed by atoms with van der Waals surface area (Å²) >= 11 is 1.21. The normalized spacial score (nSPS) is 14.3. The molecule has 2 aromatic carbocycles. The van der Waals surface area contributed by atoms with Crippen LogP contribution < -0.4 is 15.0 Å². The van der Waals surface area contributed by atoms with Crippen LogP contribution in [0.1, 0.15) is 13.8 Å². The number of amides is 1. The molecule has 8 nitrogen and oxygen atoms in total. The molecule has 9 heteroatoms. The lowest BCUT2D eigenvalue weighted by atomic mass is 10.2. The van der Waals surface area contributed by atoms with Crippen molar-refractivity contribution in [1.82, 2.24) is 15.1 Å². The molecule has 174 valence electrons. The Balaban J connectivity index is 1.25. The van der Waals surface area contributed by atoms with Gasteiger partial charge in [-0.1, -0.05) is 18.7 Å². The fraction of sp³-hybridized carbons (Fsp3) is 0.375. The maximum Gasteiger partial charge on any atom is 0.277 e. The van der Waals surface area contributed by atoms with Gasteiger partial charge in [-0.2, -0.15) is 0 Å². The molecular weight excluding hydrogens is 438 g/mol. The van der Waals surface area contributed by atoms with Crippen molar-refractivity contribution in [2.75, 3.05) is 55.3 Å². The lowest BCUT2D eigenvalue weighted by Gasteiger charge is -2.35. The average Bonchev–Trinajstić information content (AvgIpc) is 3.33. The highest BCUT2D eigenvalue weighted by Gasteiger charge is 2.16. The molecule has 0 spiro atoms. The Morgan fingerprint density at radius 1 is 1.03 bits per heavy atom. The fourth-order valence-corrected chi connectivity index (χ4v) is 4.21. The summed E-state index contributed by atoms with van der Waals surface area (Å²) in [6.45, 7) is 10.1. The molecule has 1 fully saturated rings. The molecule has 0 unspecified atom stereocenters. The maximum absolute atomic E-state index is 12.4. The van der Waals surface area contributed by atoms with Crippen LogP contribution in [-0.4, -0.2) is 66.1 Å². The van der Waals surface area contributed by atoms with Gasteiger partial charge in [-0.25, -0.2) is 0 Å². The van der Waals surface area contributed by atoms with Gasteiger partial charge in [0.05, 0.1) is 12.4 Å². The molecule has 1 saturated heterocycles. The third-order valence-electron chi connectivity index (χ3n) is 5.48. The lowest BCUT2D eigenvalue weighted by Crippen LogP contribution is -2.46. The third-order valence-corrected chi connectivity index (χ3v) is 6.30. The summed E-state index contributed by atoms with van der Waals surface area (Å²) in [6.07, 6.45) is 0. The van der Waals surface area contributed by atoms with E-state index >= 15 is 0 Å². The van der Waals surface area contributed by atoms with Crippen molar-refractivity contribution in [2.45, 2.75) is 19.1 Å². The second kappa shape index (κ2) is 11.2. The summed E-state index contributed by atoms with van der Waals surface area (Å²) in [4.78, 5) is 17.2. The molecule has 4 rings (SSSR count). The standard InChI is InChI=1S/C24H29N5O3S/c1-3-28-13-15-29(16-14-28)20-9-7-19(8-10-20)25-22(30)17-33-24-27-26-23(32-24)18-5-11-21(12-6-18)31-4-2/h5-12H,3-4,13-17H2,1-2H3,(H,25,30). The zero-order valence-corrected chi connectivity index (χ0v) is 19.8. The van der Waals surface area contributed by atoms with Crippen LogP contribution in [0.4, 0.5) is 11.4 Å². The smallest absolute Gasteiger partial charge is 0.277 e. The molecule has 0 aliphatic carbocycles. The van der Waals surface area contributed by atoms with Gasteiger partial charge >= 0.3 is 0 Å². The van der Waals surface area contributed by atoms with E-state index in [2.05, 4.69) is 44.4 Å². The van der Waals surface area contributed by atoms with Crippen LogP contribution in [0.3, 0.4) is 0 Å². The largest absolute Gasteiger partial charge is 0.494 e. The molecule has 1 N–H and O–H groups in total. The zero-order valence-electron chi connectivity index (χ0n) is 19.0. The number of ether oxygens (including phenoxy) is 1. The van der Waals surface area contributed by atoms with Crippen LogP contribution >= 0.6 is 11.8 Å². The summed E-state index contributed by atoms with van der Waals surface area (Å²) in [5, 5.41) is 11.4. The van der Waals surface area contributed by atoms with Gasteiger partial charge in [0.1, 0.15) is 5.75 Å². The Morgan fingerprint density at radius 3 is 2.42 bits per heavy atom. The monoisotopic (exact) mass is 467 g/mol. The van der Waals surface area contributed by atoms with Gasteiger partial charge in [0, 0.05) is 43.1 Å². The van der Waals surface area contributed by atoms with Crippen molar-refractivity contribution < 1.29 is 13.9 Å². The lowest BCUT2D eigenvalue weighted by molar-refractivity contribution is -0.113. The number of likely N-dealkylation sites (N-methyl/N-ethyl adjacent to an activating group) is 1. The van der Waals surface area contributed by atoms with Gasteiger partial charge in [-0.3, -0.25) is 4.79 Å². The minimum atomic E-state index is -0.120. The third kappa shape index (κ3) is 6.27. The highest BCUT2D eigenvalue weighted by Crippen LogP contribution is 2.25. The number of carbonyl (C=O) groups excluding carboxylic acids is 1. The molecule has 0 atom stereocenters. The first-order valence-corrected chi connectivity index (χ1v) is 12.2. The molecule has 0 radical (unpaired) electrons. The van der Waals surface area contributed by atoms with Crippen molar-refractivity contribution in [1.29, 1.82) is 0 Å². The van der Waals surface area contributed by atoms with Crippen molar-refractivity contribution in [3.8, 4) is 17.2 Å². The molecule has 1 aromatic heterocycles. The second-order valence-corrected chi connectivity index (χ2v) is 8.56. The van der Waals surface area contributed by atoms with Crippen LogP contribution in [0.25, 0.3) is 11.5 Å². The summed E-state index contributed by atoms with van der Waals surface area (Å²) < 4.78 is 11.1. The van der Waals surface area contributed by atoms with E-state index in [1.807, 2.05) is 43.3 Å². The number of rotatable bonds is 9. The highest BCUT2D eigenvalue weighted by atomic mass is 32.2. The van der Waals surface area contributed by atoms with Gasteiger partial charge in [0.2, 0.25) is 11.8 Å². The SMILES string of the molecule is CCOc1ccc(-c2nnc(SCC(=O)Nc3ccc(N4CCN(CC)CC4)cc3)o2)cc1. The zero-order chi connectivity index (χ0) is 23.0. The van der Waals surface area contributed by atoms with E-state index in [0.717, 1.165) is 49.7 Å². The van der Waals surface area contributed by atoms with Crippen LogP contribution in [0.2, 0.25) is 0 Å². The van der Waals surface area contributed by atoms with Crippen LogP contribution in [0.15, 0.2) is 58.2 Å². The molecule has 1 amide bonds. The van der Waals surface area contributed by atoms with Crippen molar-refractivity contribution >= 4 is 29.0 Å². The molecule has 0 bridgehead atoms. The van der Waals surface area contributed by atoms with Gasteiger partial charge in [0.15, 0.2) is 0 Å². The average molecular weight is 468 g/mol. The predicted octanol–water partition coefficient (Wildman–Crippen LogP) is 4.01. The van der Waals surface area contributed by atoms with Gasteiger partial charge in [-0.15, -0.1) is 10.2 Å². The Bertz CT molecular complexity index is 1030. The summed E-state index contributed by atoms with van der Waals surface area (Å²) in [6, 6.07) is 15.5. The number of nitrogens with one attached hydrogen (secondary N) is 1. The van der Waals surface area contributed by atoms with E-state index in [9.17, 15) is 4.79 Å². The summed E-state index contributed by atoms with van der Waals surface area (Å²) in [5.41, 5.74) is 2.77. The number of nitrogens with zero attached hydrogens (tertiary/aromatic N) is 4. The number of benzene rings is 2. The Kier molecular flexibility index (Phi) is 7.85. The van der Waals surface area contributed by atoms with Crippen molar-refractivity contribution in [2.24, 2.45) is 0 Å². The first kappa shape index (κ1) is 23.1. The van der Waals surface area contributed by atoms with E-state index < -0.39 is 0 Å². The van der Waals surface area contributed by atoms with Crippen molar-refractivity contribution in [3.63, 3.8) is 0 Å². The molecule has 0 saturated carbocycles. The molecular formula is C24H29N5O3S. The Morgan fingerprint density at radius 2 is 1.76 bits per heavy atom. The topological polar surface area (TPSA) is 83.7 Å². The number of piperazine rings is 1.